The number of Topliss-reactive ketones (excluding diaryl/α,β-unsaturated/α-hetero) is 1. The van der Waals surface area contributed by atoms with Crippen LogP contribution in [0.5, 0.6) is 0 Å². The lowest BCUT2D eigenvalue weighted by molar-refractivity contribution is -0.130. The van der Waals surface area contributed by atoms with E-state index in [-0.39, 0.29) is 12.0 Å². The summed E-state index contributed by atoms with van der Waals surface area (Å²) in [6.45, 7) is 6.72. The third-order valence-corrected chi connectivity index (χ3v) is 4.90. The van der Waals surface area contributed by atoms with Crippen LogP contribution in [0.3, 0.4) is 0 Å². The minimum atomic E-state index is 0.101. The summed E-state index contributed by atoms with van der Waals surface area (Å²) in [4.78, 5) is 12.8. The minimum absolute atomic E-state index is 0.101. The molecule has 1 N–H and O–H groups in total. The maximum Gasteiger partial charge on any atom is 0.143 e. The van der Waals surface area contributed by atoms with Crippen molar-refractivity contribution in [2.75, 3.05) is 19.8 Å². The molecule has 0 aromatic carbocycles. The molecule has 4 unspecified atom stereocenters. The Bertz CT molecular complexity index is 292. The number of ether oxygens (including phenoxy) is 1. The first-order chi connectivity index (χ1) is 9.27. The van der Waals surface area contributed by atoms with Crippen molar-refractivity contribution in [2.45, 2.75) is 58.4 Å². The molecule has 0 amide bonds. The number of rotatable bonds is 6. The van der Waals surface area contributed by atoms with E-state index in [0.29, 0.717) is 30.8 Å². The Balaban J connectivity index is 1.96. The highest BCUT2D eigenvalue weighted by Gasteiger charge is 2.39. The molecule has 3 heteroatoms. The summed E-state index contributed by atoms with van der Waals surface area (Å²) in [6.07, 6.45) is 7.14. The van der Waals surface area contributed by atoms with Gasteiger partial charge >= 0.3 is 0 Å². The Kier molecular flexibility index (Phi) is 5.83. The van der Waals surface area contributed by atoms with Crippen LogP contribution in [0.15, 0.2) is 0 Å². The van der Waals surface area contributed by atoms with Crippen molar-refractivity contribution in [1.29, 1.82) is 0 Å². The highest BCUT2D eigenvalue weighted by Crippen LogP contribution is 2.35. The molecule has 4 atom stereocenters. The van der Waals surface area contributed by atoms with Crippen LogP contribution in [-0.4, -0.2) is 31.6 Å². The summed E-state index contributed by atoms with van der Waals surface area (Å²) in [5, 5.41) is 3.49. The van der Waals surface area contributed by atoms with E-state index in [9.17, 15) is 4.79 Å². The largest absolute Gasteiger partial charge is 0.379 e. The molecule has 0 bridgehead atoms. The SMILES string of the molecule is CCCNC1COCC1C(=O)C1CCCCC1CC. The molecule has 1 heterocycles. The Labute approximate surface area is 117 Å². The molecule has 1 aliphatic heterocycles. The van der Waals surface area contributed by atoms with Gasteiger partial charge in [-0.2, -0.15) is 0 Å². The number of hydrogen-bond acceptors (Lipinski definition) is 3. The van der Waals surface area contributed by atoms with E-state index >= 15 is 0 Å². The summed E-state index contributed by atoms with van der Waals surface area (Å²) in [5.41, 5.74) is 0. The quantitative estimate of drug-likeness (QED) is 0.804. The molecular formula is C16H29NO2. The van der Waals surface area contributed by atoms with Crippen molar-refractivity contribution in [3.05, 3.63) is 0 Å². The minimum Gasteiger partial charge on any atom is -0.379 e. The lowest BCUT2D eigenvalue weighted by Gasteiger charge is -2.32. The van der Waals surface area contributed by atoms with E-state index in [1.165, 1.54) is 19.3 Å². The predicted octanol–water partition coefficient (Wildman–Crippen LogP) is 2.79. The third kappa shape index (κ3) is 3.57. The lowest BCUT2D eigenvalue weighted by Crippen LogP contribution is -2.43. The molecule has 0 aromatic heterocycles. The van der Waals surface area contributed by atoms with Crippen LogP contribution in [-0.2, 0) is 9.53 Å². The van der Waals surface area contributed by atoms with Gasteiger partial charge in [0.2, 0.25) is 0 Å². The fourth-order valence-electron chi connectivity index (χ4n) is 3.71. The van der Waals surface area contributed by atoms with Gasteiger partial charge in [0.25, 0.3) is 0 Å². The van der Waals surface area contributed by atoms with Gasteiger partial charge in [-0.15, -0.1) is 0 Å². The van der Waals surface area contributed by atoms with Gasteiger partial charge in [-0.1, -0.05) is 33.1 Å². The molecule has 0 radical (unpaired) electrons. The Morgan fingerprint density at radius 3 is 2.68 bits per heavy atom. The molecule has 1 saturated heterocycles. The molecule has 0 aromatic rings. The average Bonchev–Trinajstić information content (AvgIpc) is 2.92. The van der Waals surface area contributed by atoms with E-state index in [1.54, 1.807) is 0 Å². The van der Waals surface area contributed by atoms with E-state index < -0.39 is 0 Å². The van der Waals surface area contributed by atoms with Crippen molar-refractivity contribution in [3.8, 4) is 0 Å². The molecular weight excluding hydrogens is 238 g/mol. The molecule has 1 saturated carbocycles. The first-order valence-electron chi connectivity index (χ1n) is 8.12. The van der Waals surface area contributed by atoms with Crippen molar-refractivity contribution >= 4 is 5.78 Å². The zero-order chi connectivity index (χ0) is 13.7. The van der Waals surface area contributed by atoms with Crippen LogP contribution < -0.4 is 5.32 Å². The van der Waals surface area contributed by atoms with E-state index in [0.717, 1.165) is 25.8 Å². The number of nitrogens with one attached hydrogen (secondary N) is 1. The molecule has 2 aliphatic rings. The van der Waals surface area contributed by atoms with Crippen LogP contribution in [0.25, 0.3) is 0 Å². The highest BCUT2D eigenvalue weighted by molar-refractivity contribution is 5.85. The summed E-state index contributed by atoms with van der Waals surface area (Å²) in [7, 11) is 0. The van der Waals surface area contributed by atoms with Crippen molar-refractivity contribution in [1.82, 2.24) is 5.32 Å². The Morgan fingerprint density at radius 2 is 1.95 bits per heavy atom. The topological polar surface area (TPSA) is 38.3 Å². The monoisotopic (exact) mass is 267 g/mol. The zero-order valence-corrected chi connectivity index (χ0v) is 12.5. The second kappa shape index (κ2) is 7.39. The Hall–Kier alpha value is -0.410. The lowest BCUT2D eigenvalue weighted by atomic mass is 9.72. The normalized spacial score (nSPS) is 35.5. The molecule has 2 fully saturated rings. The van der Waals surface area contributed by atoms with E-state index in [4.69, 9.17) is 4.74 Å². The summed E-state index contributed by atoms with van der Waals surface area (Å²) in [6, 6.07) is 0.256. The fraction of sp³-hybridized carbons (Fsp3) is 0.938. The van der Waals surface area contributed by atoms with Gasteiger partial charge in [-0.05, 0) is 31.7 Å². The van der Waals surface area contributed by atoms with Gasteiger partial charge < -0.3 is 10.1 Å². The second-order valence-corrected chi connectivity index (χ2v) is 6.17. The van der Waals surface area contributed by atoms with Gasteiger partial charge in [0.1, 0.15) is 5.78 Å². The van der Waals surface area contributed by atoms with Crippen LogP contribution in [0.4, 0.5) is 0 Å². The van der Waals surface area contributed by atoms with Crippen molar-refractivity contribution in [2.24, 2.45) is 17.8 Å². The van der Waals surface area contributed by atoms with Gasteiger partial charge in [-0.25, -0.2) is 0 Å². The van der Waals surface area contributed by atoms with E-state index in [2.05, 4.69) is 19.2 Å². The molecule has 1 aliphatic carbocycles. The molecule has 110 valence electrons. The van der Waals surface area contributed by atoms with Gasteiger partial charge in [0, 0.05) is 12.0 Å². The first kappa shape index (κ1) is 15.0. The molecule has 0 spiro atoms. The van der Waals surface area contributed by atoms with Crippen LogP contribution in [0.1, 0.15) is 52.4 Å². The molecule has 19 heavy (non-hydrogen) atoms. The van der Waals surface area contributed by atoms with Gasteiger partial charge in [-0.3, -0.25) is 4.79 Å². The third-order valence-electron chi connectivity index (χ3n) is 4.90. The standard InChI is InChI=1S/C16H29NO2/c1-3-9-17-15-11-19-10-14(15)16(18)13-8-6-5-7-12(13)4-2/h12-15,17H,3-11H2,1-2H3. The predicted molar refractivity (Wildman–Crippen MR) is 77.1 cm³/mol. The number of ketones is 1. The number of hydrogen-bond donors (Lipinski definition) is 1. The zero-order valence-electron chi connectivity index (χ0n) is 12.5. The maximum absolute atomic E-state index is 12.8. The van der Waals surface area contributed by atoms with Gasteiger partial charge in [0.15, 0.2) is 0 Å². The van der Waals surface area contributed by atoms with Crippen molar-refractivity contribution < 1.29 is 9.53 Å². The van der Waals surface area contributed by atoms with Crippen LogP contribution in [0.2, 0.25) is 0 Å². The van der Waals surface area contributed by atoms with Crippen molar-refractivity contribution in [3.63, 3.8) is 0 Å². The summed E-state index contributed by atoms with van der Waals surface area (Å²) in [5.74, 6) is 1.51. The first-order valence-corrected chi connectivity index (χ1v) is 8.12. The second-order valence-electron chi connectivity index (χ2n) is 6.17. The highest BCUT2D eigenvalue weighted by atomic mass is 16.5. The average molecular weight is 267 g/mol. The summed E-state index contributed by atoms with van der Waals surface area (Å²) >= 11 is 0. The molecule has 2 rings (SSSR count). The van der Waals surface area contributed by atoms with Gasteiger partial charge in [0.05, 0.1) is 19.1 Å². The number of carbonyl (C=O) groups is 1. The molecule has 3 nitrogen and oxygen atoms in total. The number of carbonyl (C=O) groups excluding carboxylic acids is 1. The van der Waals surface area contributed by atoms with E-state index in [1.807, 2.05) is 0 Å². The summed E-state index contributed by atoms with van der Waals surface area (Å²) < 4.78 is 5.56. The Morgan fingerprint density at radius 1 is 1.16 bits per heavy atom. The smallest absolute Gasteiger partial charge is 0.143 e. The maximum atomic E-state index is 12.8. The fourth-order valence-corrected chi connectivity index (χ4v) is 3.71. The van der Waals surface area contributed by atoms with Crippen LogP contribution in [0, 0.1) is 17.8 Å². The van der Waals surface area contributed by atoms with Crippen LogP contribution >= 0.6 is 0 Å².